The van der Waals surface area contributed by atoms with Crippen molar-refractivity contribution >= 4 is 34.8 Å². The van der Waals surface area contributed by atoms with E-state index >= 15 is 0 Å². The van der Waals surface area contributed by atoms with Crippen molar-refractivity contribution in [2.45, 2.75) is 6.42 Å². The molecular formula is C8H14Cl3Ni-. The third-order valence-corrected chi connectivity index (χ3v) is 0.586. The Morgan fingerprint density at radius 1 is 1.00 bits per heavy atom. The van der Waals surface area contributed by atoms with E-state index in [1.165, 1.54) is 19.1 Å². The maximum absolute atomic E-state index is 4.64. The van der Waals surface area contributed by atoms with E-state index in [-0.39, 0.29) is 16.5 Å². The zero-order valence-electron chi connectivity index (χ0n) is 7.39. The Kier molecular flexibility index (Phi) is 78.3. The molecule has 0 aromatic heterocycles. The van der Waals surface area contributed by atoms with Gasteiger partial charge in [-0.15, -0.1) is 41.2 Å². The quantitative estimate of drug-likeness (QED) is 0.358. The number of alkyl halides is 3. The maximum Gasteiger partial charge on any atom is 0.0108 e. The van der Waals surface area contributed by atoms with Gasteiger partial charge in [0.15, 0.2) is 0 Å². The Morgan fingerprint density at radius 2 is 1.42 bits per heavy atom. The minimum atomic E-state index is 0. The number of allylic oxidation sites excluding steroid dienone is 4. The summed E-state index contributed by atoms with van der Waals surface area (Å²) in [4.78, 5) is 0. The van der Waals surface area contributed by atoms with Crippen LogP contribution >= 0.6 is 34.8 Å². The molecule has 0 unspecified atom stereocenters. The summed E-state index contributed by atoms with van der Waals surface area (Å²) in [6.07, 6.45) is 14.4. The standard InChI is InChI=1S/C5H5.3CH3Cl.Ni/c1-2-4-5-3-1;3*1-2;/h1-3H,4H2;3*1H3;/q-1;;;;. The molecule has 12 heavy (non-hydrogen) atoms. The Labute approximate surface area is 101 Å². The second-order valence-corrected chi connectivity index (χ2v) is 1.00. The van der Waals surface area contributed by atoms with E-state index in [1.54, 1.807) is 0 Å². The van der Waals surface area contributed by atoms with Crippen molar-refractivity contribution in [2.24, 2.45) is 0 Å². The molecule has 0 saturated carbocycles. The summed E-state index contributed by atoms with van der Waals surface area (Å²) in [6, 6.07) is 0. The van der Waals surface area contributed by atoms with Gasteiger partial charge in [-0.25, -0.2) is 12.2 Å². The zero-order chi connectivity index (χ0) is 9.54. The van der Waals surface area contributed by atoms with E-state index in [0.29, 0.717) is 0 Å². The Balaban J connectivity index is -0.0000000406. The number of hydrogen-bond donors (Lipinski definition) is 0. The molecule has 0 heterocycles. The van der Waals surface area contributed by atoms with E-state index in [2.05, 4.69) is 47.0 Å². The smallest absolute Gasteiger partial charge is 0.0108 e. The van der Waals surface area contributed by atoms with E-state index in [0.717, 1.165) is 6.42 Å². The Bertz CT molecular complexity index is 72.4. The van der Waals surface area contributed by atoms with Gasteiger partial charge in [-0.1, -0.05) is 0 Å². The maximum atomic E-state index is 4.64. The van der Waals surface area contributed by atoms with Crippen LogP contribution < -0.4 is 0 Å². The van der Waals surface area contributed by atoms with Crippen LogP contribution in [-0.4, -0.2) is 19.1 Å². The minimum Gasteiger partial charge on any atom is -0.273 e. The van der Waals surface area contributed by atoms with Crippen LogP contribution in [0.15, 0.2) is 18.2 Å². The molecule has 78 valence electrons. The first kappa shape index (κ1) is 23.0. The molecule has 0 aliphatic heterocycles. The normalized spacial score (nSPS) is 8.83. The molecule has 1 aliphatic rings. The van der Waals surface area contributed by atoms with Crippen LogP contribution in [0.25, 0.3) is 0 Å². The van der Waals surface area contributed by atoms with Gasteiger partial charge in [0.25, 0.3) is 0 Å². The molecule has 0 amide bonds. The molecule has 1 aliphatic carbocycles. The molecule has 0 bridgehead atoms. The summed E-state index contributed by atoms with van der Waals surface area (Å²) in [6.45, 7) is 0. The predicted molar refractivity (Wildman–Crippen MR) is 56.9 cm³/mol. The number of hydrogen-bond acceptors (Lipinski definition) is 0. The summed E-state index contributed by atoms with van der Waals surface area (Å²) < 4.78 is 0. The van der Waals surface area contributed by atoms with Gasteiger partial charge in [-0.2, -0.15) is 6.08 Å². The van der Waals surface area contributed by atoms with Crippen molar-refractivity contribution in [3.63, 3.8) is 0 Å². The van der Waals surface area contributed by atoms with Gasteiger partial charge in [0, 0.05) is 35.6 Å². The number of rotatable bonds is 0. The molecule has 0 saturated heterocycles. The first-order valence-electron chi connectivity index (χ1n) is 2.85. The molecule has 0 radical (unpaired) electrons. The van der Waals surface area contributed by atoms with Crippen molar-refractivity contribution in [3.05, 3.63) is 24.3 Å². The van der Waals surface area contributed by atoms with Crippen molar-refractivity contribution in [2.75, 3.05) is 19.1 Å². The predicted octanol–water partition coefficient (Wildman–Crippen LogP) is 3.87. The van der Waals surface area contributed by atoms with Crippen LogP contribution in [0.5, 0.6) is 0 Å². The molecule has 0 atom stereocenters. The van der Waals surface area contributed by atoms with Crippen LogP contribution in [0.3, 0.4) is 0 Å². The molecule has 4 heteroatoms. The van der Waals surface area contributed by atoms with Crippen LogP contribution in [0.1, 0.15) is 6.42 Å². The average Bonchev–Trinajstić information content (AvgIpc) is 2.71. The molecular weight excluding hydrogens is 261 g/mol. The van der Waals surface area contributed by atoms with Crippen LogP contribution in [0.2, 0.25) is 0 Å². The molecule has 0 N–H and O–H groups in total. The monoisotopic (exact) mass is 273 g/mol. The van der Waals surface area contributed by atoms with Crippen molar-refractivity contribution in [1.82, 2.24) is 0 Å². The van der Waals surface area contributed by atoms with Gasteiger partial charge in [0.1, 0.15) is 0 Å². The molecule has 1 rings (SSSR count). The number of halogens is 3. The fourth-order valence-corrected chi connectivity index (χ4v) is 0.340. The summed E-state index contributed by atoms with van der Waals surface area (Å²) in [7, 11) is 0. The summed E-state index contributed by atoms with van der Waals surface area (Å²) in [5.74, 6) is 0. The minimum absolute atomic E-state index is 0. The van der Waals surface area contributed by atoms with E-state index in [1.807, 2.05) is 12.2 Å². The van der Waals surface area contributed by atoms with Gasteiger partial charge in [-0.3, -0.25) is 6.08 Å². The summed E-state index contributed by atoms with van der Waals surface area (Å²) >= 11 is 13.9. The Morgan fingerprint density at radius 3 is 1.50 bits per heavy atom. The molecule has 0 nitrogen and oxygen atoms in total. The van der Waals surface area contributed by atoms with Crippen LogP contribution in [0, 0.1) is 6.08 Å². The average molecular weight is 275 g/mol. The third kappa shape index (κ3) is 30.8. The van der Waals surface area contributed by atoms with Crippen molar-refractivity contribution in [1.29, 1.82) is 0 Å². The van der Waals surface area contributed by atoms with Gasteiger partial charge < -0.3 is 0 Å². The summed E-state index contributed by atoms with van der Waals surface area (Å²) in [5, 5.41) is 0. The first-order chi connectivity index (χ1) is 5.50. The van der Waals surface area contributed by atoms with E-state index < -0.39 is 0 Å². The third-order valence-electron chi connectivity index (χ3n) is 0.586. The molecule has 0 fully saturated rings. The van der Waals surface area contributed by atoms with Crippen molar-refractivity contribution < 1.29 is 16.5 Å². The van der Waals surface area contributed by atoms with E-state index in [9.17, 15) is 0 Å². The molecule has 0 aromatic carbocycles. The fourth-order valence-electron chi connectivity index (χ4n) is 0.340. The first-order valence-corrected chi connectivity index (χ1v) is 5.12. The largest absolute Gasteiger partial charge is 0.273 e. The Hall–Kier alpha value is 0.844. The summed E-state index contributed by atoms with van der Waals surface area (Å²) in [5.41, 5.74) is 0. The van der Waals surface area contributed by atoms with Gasteiger partial charge in [0.05, 0.1) is 0 Å². The van der Waals surface area contributed by atoms with E-state index in [4.69, 9.17) is 0 Å². The second kappa shape index (κ2) is 40.8. The van der Waals surface area contributed by atoms with Crippen LogP contribution in [-0.2, 0) is 16.5 Å². The van der Waals surface area contributed by atoms with Gasteiger partial charge in [0.2, 0.25) is 0 Å². The van der Waals surface area contributed by atoms with Crippen molar-refractivity contribution in [3.8, 4) is 0 Å². The molecule has 0 aromatic rings. The second-order valence-electron chi connectivity index (χ2n) is 1.00. The fraction of sp³-hybridized carbons (Fsp3) is 0.500. The van der Waals surface area contributed by atoms with Gasteiger partial charge >= 0.3 is 0 Å². The van der Waals surface area contributed by atoms with Gasteiger partial charge in [-0.05, 0) is 0 Å². The van der Waals surface area contributed by atoms with Crippen LogP contribution in [0.4, 0.5) is 0 Å². The topological polar surface area (TPSA) is 0 Å². The SMILES string of the molecule is CCl.CCl.CCl.[C-]1=CC=CC1.[Ni]. The zero-order valence-corrected chi connectivity index (χ0v) is 10.6. The molecule has 0 spiro atoms.